The number of nitrogens with zero attached hydrogens (tertiary/aromatic N) is 1. The van der Waals surface area contributed by atoms with E-state index >= 15 is 0 Å². The summed E-state index contributed by atoms with van der Waals surface area (Å²) in [5, 5.41) is 13.2. The third kappa shape index (κ3) is 6.45. The first-order chi connectivity index (χ1) is 10.6. The Morgan fingerprint density at radius 2 is 1.96 bits per heavy atom. The van der Waals surface area contributed by atoms with Gasteiger partial charge in [-0.2, -0.15) is 13.2 Å². The number of carbonyl (C=O) groups is 3. The van der Waals surface area contributed by atoms with Crippen LogP contribution in [0.5, 0.6) is 0 Å². The van der Waals surface area contributed by atoms with E-state index in [-0.39, 0.29) is 0 Å². The lowest BCUT2D eigenvalue weighted by molar-refractivity contribution is -0.402. The fourth-order valence-electron chi connectivity index (χ4n) is 1.13. The number of furan rings is 1. The van der Waals surface area contributed by atoms with Crippen LogP contribution in [0.1, 0.15) is 10.6 Å². The molecule has 1 rings (SSSR count). The first kappa shape index (κ1) is 17.9. The van der Waals surface area contributed by atoms with Crippen LogP contribution < -0.4 is 10.6 Å². The second-order valence-electron chi connectivity index (χ2n) is 3.82. The molecule has 0 aliphatic heterocycles. The quantitative estimate of drug-likeness (QED) is 0.457. The lowest BCUT2D eigenvalue weighted by Crippen LogP contribution is -2.44. The Morgan fingerprint density at radius 3 is 2.48 bits per heavy atom. The number of urea groups is 1. The highest BCUT2D eigenvalue weighted by molar-refractivity contribution is 5.96. The van der Waals surface area contributed by atoms with E-state index in [1.807, 2.05) is 0 Å². The molecule has 0 saturated carbocycles. The summed E-state index contributed by atoms with van der Waals surface area (Å²) >= 11 is 0. The molecule has 0 saturated heterocycles. The SMILES string of the molecule is O=C(COC(=O)c1ccc([N+](=O)[O-])o1)NC(=O)NCC(F)(F)F. The third-order valence-electron chi connectivity index (χ3n) is 2.01. The van der Waals surface area contributed by atoms with Crippen molar-refractivity contribution in [1.82, 2.24) is 10.6 Å². The molecule has 0 radical (unpaired) electrons. The Kier molecular flexibility index (Phi) is 5.64. The smallest absolute Gasteiger partial charge is 0.433 e. The highest BCUT2D eigenvalue weighted by Crippen LogP contribution is 2.16. The number of ether oxygens (including phenoxy) is 1. The topological polar surface area (TPSA) is 141 Å². The van der Waals surface area contributed by atoms with E-state index in [4.69, 9.17) is 0 Å². The summed E-state index contributed by atoms with van der Waals surface area (Å²) < 4.78 is 44.2. The van der Waals surface area contributed by atoms with E-state index in [1.54, 1.807) is 0 Å². The van der Waals surface area contributed by atoms with Crippen molar-refractivity contribution < 1.29 is 41.6 Å². The van der Waals surface area contributed by atoms with Gasteiger partial charge in [0.15, 0.2) is 6.61 Å². The number of halogens is 3. The number of amides is 3. The minimum Gasteiger partial charge on any atom is -0.450 e. The maximum Gasteiger partial charge on any atom is 0.433 e. The van der Waals surface area contributed by atoms with Crippen molar-refractivity contribution in [3.05, 3.63) is 28.0 Å². The van der Waals surface area contributed by atoms with Gasteiger partial charge in [0.2, 0.25) is 5.76 Å². The zero-order valence-electron chi connectivity index (χ0n) is 11.0. The molecule has 2 N–H and O–H groups in total. The molecule has 0 aliphatic carbocycles. The van der Waals surface area contributed by atoms with Gasteiger partial charge in [-0.05, 0) is 6.07 Å². The molecule has 0 unspecified atom stereocenters. The molecule has 126 valence electrons. The predicted octanol–water partition coefficient (Wildman–Crippen LogP) is 0.733. The fourth-order valence-corrected chi connectivity index (χ4v) is 1.13. The van der Waals surface area contributed by atoms with Gasteiger partial charge in [-0.25, -0.2) is 9.59 Å². The fraction of sp³-hybridized carbons (Fsp3) is 0.300. The predicted molar refractivity (Wildman–Crippen MR) is 63.2 cm³/mol. The second-order valence-corrected chi connectivity index (χ2v) is 3.82. The number of hydrogen-bond donors (Lipinski definition) is 2. The van der Waals surface area contributed by atoms with Gasteiger partial charge in [0, 0.05) is 0 Å². The van der Waals surface area contributed by atoms with Gasteiger partial charge in [0.1, 0.15) is 11.5 Å². The molecular formula is C10H8F3N3O7. The summed E-state index contributed by atoms with van der Waals surface area (Å²) in [7, 11) is 0. The standard InChI is InChI=1S/C10H8F3N3O7/c11-10(12,13)4-14-9(19)15-6(17)3-22-8(18)5-1-2-7(23-5)16(20)21/h1-2H,3-4H2,(H2,14,15,17,19). The number of nitro groups is 1. The zero-order chi connectivity index (χ0) is 17.6. The molecule has 3 amide bonds. The molecule has 1 heterocycles. The van der Waals surface area contributed by atoms with Gasteiger partial charge in [-0.15, -0.1) is 0 Å². The van der Waals surface area contributed by atoms with Crippen molar-refractivity contribution in [3.8, 4) is 0 Å². The van der Waals surface area contributed by atoms with Gasteiger partial charge >= 0.3 is 24.1 Å². The second kappa shape index (κ2) is 7.24. The maximum absolute atomic E-state index is 11.8. The number of alkyl halides is 3. The lowest BCUT2D eigenvalue weighted by atomic mass is 10.4. The molecule has 0 aromatic carbocycles. The average molecular weight is 339 g/mol. The molecule has 0 spiro atoms. The van der Waals surface area contributed by atoms with Crippen LogP contribution in [-0.4, -0.2) is 42.2 Å². The highest BCUT2D eigenvalue weighted by atomic mass is 19.4. The Bertz CT molecular complexity index is 625. The van der Waals surface area contributed by atoms with Gasteiger partial charge in [-0.3, -0.25) is 20.2 Å². The monoisotopic (exact) mass is 339 g/mol. The number of imide groups is 1. The number of esters is 1. The third-order valence-corrected chi connectivity index (χ3v) is 2.01. The van der Waals surface area contributed by atoms with Gasteiger partial charge in [0.05, 0.1) is 6.07 Å². The normalized spacial score (nSPS) is 10.7. The lowest BCUT2D eigenvalue weighted by Gasteiger charge is -2.08. The molecular weight excluding hydrogens is 331 g/mol. The Morgan fingerprint density at radius 1 is 1.30 bits per heavy atom. The van der Waals surface area contributed by atoms with Crippen molar-refractivity contribution in [2.75, 3.05) is 13.2 Å². The molecule has 23 heavy (non-hydrogen) atoms. The summed E-state index contributed by atoms with van der Waals surface area (Å²) in [5.41, 5.74) is 0. The van der Waals surface area contributed by atoms with E-state index in [1.165, 1.54) is 10.6 Å². The molecule has 10 nitrogen and oxygen atoms in total. The number of rotatable bonds is 5. The molecule has 0 aliphatic rings. The zero-order valence-corrected chi connectivity index (χ0v) is 11.0. The van der Waals surface area contributed by atoms with Crippen molar-refractivity contribution in [2.24, 2.45) is 0 Å². The summed E-state index contributed by atoms with van der Waals surface area (Å²) in [6, 6.07) is 0.368. The first-order valence-electron chi connectivity index (χ1n) is 5.64. The summed E-state index contributed by atoms with van der Waals surface area (Å²) in [5.74, 6) is -3.73. The number of hydrogen-bond acceptors (Lipinski definition) is 7. The summed E-state index contributed by atoms with van der Waals surface area (Å²) in [6.07, 6.45) is -4.65. The van der Waals surface area contributed by atoms with Crippen LogP contribution in [0.15, 0.2) is 16.5 Å². The highest BCUT2D eigenvalue weighted by Gasteiger charge is 2.28. The van der Waals surface area contributed by atoms with Crippen LogP contribution in [0.25, 0.3) is 0 Å². The van der Waals surface area contributed by atoms with Crippen LogP contribution >= 0.6 is 0 Å². The van der Waals surface area contributed by atoms with E-state index < -0.39 is 53.8 Å². The van der Waals surface area contributed by atoms with E-state index in [0.717, 1.165) is 12.1 Å². The summed E-state index contributed by atoms with van der Waals surface area (Å²) in [4.78, 5) is 42.9. The van der Waals surface area contributed by atoms with Gasteiger partial charge < -0.3 is 14.5 Å². The maximum atomic E-state index is 11.8. The minimum atomic E-state index is -4.65. The number of nitrogens with one attached hydrogen (secondary N) is 2. The number of carbonyl (C=O) groups excluding carboxylic acids is 3. The van der Waals surface area contributed by atoms with Crippen LogP contribution in [0.2, 0.25) is 0 Å². The average Bonchev–Trinajstić information content (AvgIpc) is 2.92. The molecule has 0 atom stereocenters. The molecule has 1 aromatic rings. The van der Waals surface area contributed by atoms with E-state index in [0.29, 0.717) is 0 Å². The van der Waals surface area contributed by atoms with Crippen LogP contribution in [0.3, 0.4) is 0 Å². The van der Waals surface area contributed by atoms with Crippen LogP contribution in [0.4, 0.5) is 23.8 Å². The van der Waals surface area contributed by atoms with E-state index in [2.05, 4.69) is 9.15 Å². The Labute approximate surface area is 124 Å². The molecule has 0 fully saturated rings. The van der Waals surface area contributed by atoms with Crippen molar-refractivity contribution in [2.45, 2.75) is 6.18 Å². The Hall–Kier alpha value is -3.12. The summed E-state index contributed by atoms with van der Waals surface area (Å²) in [6.45, 7) is -2.66. The van der Waals surface area contributed by atoms with Crippen molar-refractivity contribution in [1.29, 1.82) is 0 Å². The Balaban J connectivity index is 2.39. The minimum absolute atomic E-state index is 0.564. The van der Waals surface area contributed by atoms with Gasteiger partial charge in [0.25, 0.3) is 5.91 Å². The van der Waals surface area contributed by atoms with Crippen LogP contribution in [0, 0.1) is 10.1 Å². The van der Waals surface area contributed by atoms with Gasteiger partial charge in [-0.1, -0.05) is 0 Å². The molecule has 13 heteroatoms. The van der Waals surface area contributed by atoms with Crippen molar-refractivity contribution >= 4 is 23.8 Å². The largest absolute Gasteiger partial charge is 0.450 e. The molecule has 0 bridgehead atoms. The van der Waals surface area contributed by atoms with Crippen molar-refractivity contribution in [3.63, 3.8) is 0 Å². The van der Waals surface area contributed by atoms with Crippen LogP contribution in [-0.2, 0) is 9.53 Å². The van der Waals surface area contributed by atoms with E-state index in [9.17, 15) is 37.7 Å². The first-order valence-corrected chi connectivity index (χ1v) is 5.64. The molecule has 1 aromatic heterocycles.